The van der Waals surface area contributed by atoms with Gasteiger partial charge in [0.15, 0.2) is 0 Å². The van der Waals surface area contributed by atoms with Crippen LogP contribution in [0.2, 0.25) is 5.02 Å². The minimum atomic E-state index is -0.0841. The molecule has 8 heteroatoms. The molecule has 2 atom stereocenters. The van der Waals surface area contributed by atoms with E-state index in [1.54, 1.807) is 18.5 Å². The molecule has 0 radical (unpaired) electrons. The first kappa shape index (κ1) is 22.0. The molecular weight excluding hydrogens is 448 g/mol. The quantitative estimate of drug-likeness (QED) is 0.602. The van der Waals surface area contributed by atoms with Crippen molar-refractivity contribution < 1.29 is 4.79 Å². The van der Waals surface area contributed by atoms with Crippen molar-refractivity contribution in [3.05, 3.63) is 53.4 Å². The highest BCUT2D eigenvalue weighted by Crippen LogP contribution is 2.42. The lowest BCUT2D eigenvalue weighted by Gasteiger charge is -2.49. The van der Waals surface area contributed by atoms with E-state index >= 15 is 0 Å². The molecule has 4 heterocycles. The number of likely N-dealkylation sites (tertiary alicyclic amines) is 2. The Morgan fingerprint density at radius 1 is 1.12 bits per heavy atom. The molecule has 2 aliphatic heterocycles. The number of piperazine rings is 1. The number of carbonyl (C=O) groups is 1. The normalized spacial score (nSPS) is 24.6. The Hall–Kier alpha value is -2.48. The summed E-state index contributed by atoms with van der Waals surface area (Å²) in [7, 11) is 2.24. The number of nitrogens with one attached hydrogen (secondary N) is 1. The molecule has 2 saturated heterocycles. The van der Waals surface area contributed by atoms with Gasteiger partial charge in [-0.2, -0.15) is 0 Å². The minimum Gasteiger partial charge on any atom is -0.350 e. The maximum atomic E-state index is 13.6. The number of halogens is 1. The summed E-state index contributed by atoms with van der Waals surface area (Å²) < 4.78 is 1.85. The van der Waals surface area contributed by atoms with E-state index in [1.165, 1.54) is 25.7 Å². The minimum absolute atomic E-state index is 0.0549. The third-order valence-electron chi connectivity index (χ3n) is 8.28. The van der Waals surface area contributed by atoms with Crippen molar-refractivity contribution in [2.75, 3.05) is 26.7 Å². The number of nitrogens with zero attached hydrogens (tertiary/aromatic N) is 5. The molecule has 2 bridgehead atoms. The largest absolute Gasteiger partial charge is 0.350 e. The maximum absolute atomic E-state index is 13.6. The molecule has 3 aromatic rings. The van der Waals surface area contributed by atoms with Gasteiger partial charge in [-0.1, -0.05) is 36.9 Å². The van der Waals surface area contributed by atoms with Crippen molar-refractivity contribution in [3.8, 4) is 5.95 Å². The number of carbonyl (C=O) groups excluding carboxylic acids is 1. The van der Waals surface area contributed by atoms with Gasteiger partial charge in [0.1, 0.15) is 0 Å². The van der Waals surface area contributed by atoms with E-state index in [-0.39, 0.29) is 11.4 Å². The molecular formula is C26H31ClN6O. The monoisotopic (exact) mass is 478 g/mol. The third kappa shape index (κ3) is 3.61. The number of aromatic nitrogens is 3. The van der Waals surface area contributed by atoms with Crippen molar-refractivity contribution in [2.45, 2.75) is 56.1 Å². The van der Waals surface area contributed by atoms with Gasteiger partial charge < -0.3 is 10.2 Å². The summed E-state index contributed by atoms with van der Waals surface area (Å²) in [4.78, 5) is 27.6. The van der Waals surface area contributed by atoms with Gasteiger partial charge in [-0.15, -0.1) is 0 Å². The molecule has 7 nitrogen and oxygen atoms in total. The Morgan fingerprint density at radius 2 is 1.91 bits per heavy atom. The Morgan fingerprint density at radius 3 is 2.62 bits per heavy atom. The summed E-state index contributed by atoms with van der Waals surface area (Å²) >= 11 is 6.60. The molecule has 6 rings (SSSR count). The topological polar surface area (TPSA) is 66.3 Å². The smallest absolute Gasteiger partial charge is 0.253 e. The van der Waals surface area contributed by atoms with Crippen LogP contribution in [0.5, 0.6) is 0 Å². The summed E-state index contributed by atoms with van der Waals surface area (Å²) in [5.74, 6) is 0.439. The number of amides is 1. The number of rotatable bonds is 5. The van der Waals surface area contributed by atoms with E-state index in [1.807, 2.05) is 29.0 Å². The molecule has 2 aromatic heterocycles. The SMILES string of the molecule is CN1C[C@@H]2C[C@H]1CN2C1(CNC(=O)c2cn(-c3ncccn3)c3cccc(Cl)c23)CCCCC1. The van der Waals surface area contributed by atoms with E-state index in [2.05, 4.69) is 32.1 Å². The van der Waals surface area contributed by atoms with Crippen LogP contribution >= 0.6 is 11.6 Å². The Kier molecular flexibility index (Phi) is 5.59. The predicted molar refractivity (Wildman–Crippen MR) is 134 cm³/mol. The second kappa shape index (κ2) is 8.63. The molecule has 1 aliphatic carbocycles. The van der Waals surface area contributed by atoms with Crippen LogP contribution in [0.15, 0.2) is 42.9 Å². The van der Waals surface area contributed by atoms with E-state index in [9.17, 15) is 4.79 Å². The zero-order valence-corrected chi connectivity index (χ0v) is 20.3. The van der Waals surface area contributed by atoms with Gasteiger partial charge in [-0.25, -0.2) is 9.97 Å². The van der Waals surface area contributed by atoms with E-state index < -0.39 is 0 Å². The van der Waals surface area contributed by atoms with Crippen LogP contribution in [0.25, 0.3) is 16.9 Å². The van der Waals surface area contributed by atoms with Crippen LogP contribution in [-0.4, -0.2) is 74.5 Å². The van der Waals surface area contributed by atoms with Gasteiger partial charge in [0.2, 0.25) is 5.95 Å². The number of hydrogen-bond acceptors (Lipinski definition) is 5. The Labute approximate surface area is 205 Å². The first-order chi connectivity index (χ1) is 16.6. The number of benzene rings is 1. The number of hydrogen-bond donors (Lipinski definition) is 1. The summed E-state index contributed by atoms with van der Waals surface area (Å²) in [5, 5.41) is 4.64. The van der Waals surface area contributed by atoms with Crippen LogP contribution in [-0.2, 0) is 0 Å². The lowest BCUT2D eigenvalue weighted by atomic mass is 9.79. The van der Waals surface area contributed by atoms with Gasteiger partial charge in [-0.3, -0.25) is 14.3 Å². The average Bonchev–Trinajstić information content (AvgIpc) is 3.57. The Bertz CT molecular complexity index is 1200. The third-order valence-corrected chi connectivity index (χ3v) is 8.59. The molecule has 3 fully saturated rings. The highest BCUT2D eigenvalue weighted by molar-refractivity contribution is 6.37. The summed E-state index contributed by atoms with van der Waals surface area (Å²) in [6, 6.07) is 8.72. The fraction of sp³-hybridized carbons (Fsp3) is 0.500. The molecule has 34 heavy (non-hydrogen) atoms. The van der Waals surface area contributed by atoms with Gasteiger partial charge in [0.05, 0.1) is 16.1 Å². The van der Waals surface area contributed by atoms with Crippen LogP contribution < -0.4 is 5.32 Å². The van der Waals surface area contributed by atoms with Crippen molar-refractivity contribution in [1.29, 1.82) is 0 Å². The van der Waals surface area contributed by atoms with Gasteiger partial charge in [-0.05, 0) is 44.5 Å². The highest BCUT2D eigenvalue weighted by atomic mass is 35.5. The number of likely N-dealkylation sites (N-methyl/N-ethyl adjacent to an activating group) is 1. The fourth-order valence-electron chi connectivity index (χ4n) is 6.56. The van der Waals surface area contributed by atoms with Gasteiger partial charge >= 0.3 is 0 Å². The highest BCUT2D eigenvalue weighted by Gasteiger charge is 2.50. The zero-order chi connectivity index (χ0) is 23.3. The van der Waals surface area contributed by atoms with Crippen molar-refractivity contribution in [1.82, 2.24) is 29.7 Å². The molecule has 1 amide bonds. The lowest BCUT2D eigenvalue weighted by molar-refractivity contribution is 0.00815. The number of fused-ring (bicyclic) bond motifs is 3. The zero-order valence-electron chi connectivity index (χ0n) is 19.6. The summed E-state index contributed by atoms with van der Waals surface area (Å²) in [6.07, 6.45) is 12.5. The first-order valence-electron chi connectivity index (χ1n) is 12.4. The summed E-state index contributed by atoms with van der Waals surface area (Å²) in [5.41, 5.74) is 1.46. The molecule has 0 unspecified atom stereocenters. The van der Waals surface area contributed by atoms with Gasteiger partial charge in [0.25, 0.3) is 5.91 Å². The molecule has 1 aromatic carbocycles. The van der Waals surface area contributed by atoms with E-state index in [4.69, 9.17) is 11.6 Å². The van der Waals surface area contributed by atoms with Crippen molar-refractivity contribution >= 4 is 28.4 Å². The molecule has 178 valence electrons. The average molecular weight is 479 g/mol. The van der Waals surface area contributed by atoms with Crippen LogP contribution in [0.1, 0.15) is 48.9 Å². The van der Waals surface area contributed by atoms with Crippen LogP contribution in [0, 0.1) is 0 Å². The second-order valence-corrected chi connectivity index (χ2v) is 10.6. The van der Waals surface area contributed by atoms with E-state index in [0.29, 0.717) is 35.2 Å². The molecule has 3 aliphatic rings. The predicted octanol–water partition coefficient (Wildman–Crippen LogP) is 3.89. The molecule has 0 spiro atoms. The maximum Gasteiger partial charge on any atom is 0.253 e. The standard InChI is InChI=1S/C26H31ClN6O/c1-31-14-19-13-18(31)15-33(19)26(9-3-2-4-10-26)17-30-24(34)20-16-32(25-28-11-6-12-29-25)22-8-5-7-21(27)23(20)22/h5-8,11-12,16,18-19H,2-4,9-10,13-15,17H2,1H3,(H,30,34)/t18-,19-/m0/s1. The second-order valence-electron chi connectivity index (χ2n) is 10.2. The van der Waals surface area contributed by atoms with Crippen LogP contribution in [0.3, 0.4) is 0 Å². The summed E-state index contributed by atoms with van der Waals surface area (Å²) in [6.45, 7) is 2.94. The van der Waals surface area contributed by atoms with Crippen LogP contribution in [0.4, 0.5) is 0 Å². The van der Waals surface area contributed by atoms with Crippen molar-refractivity contribution in [2.24, 2.45) is 0 Å². The fourth-order valence-corrected chi connectivity index (χ4v) is 6.83. The Balaban J connectivity index is 1.30. The van der Waals surface area contributed by atoms with E-state index in [0.717, 1.165) is 36.8 Å². The first-order valence-corrected chi connectivity index (χ1v) is 12.8. The van der Waals surface area contributed by atoms with Gasteiger partial charge in [0, 0.05) is 61.2 Å². The molecule has 1 saturated carbocycles. The lowest BCUT2D eigenvalue weighted by Crippen LogP contribution is -2.61. The molecule has 1 N–H and O–H groups in total. The van der Waals surface area contributed by atoms with Crippen molar-refractivity contribution in [3.63, 3.8) is 0 Å².